The number of hydrogen-bond acceptors (Lipinski definition) is 2. The van der Waals surface area contributed by atoms with Crippen LogP contribution in [-0.4, -0.2) is 15.6 Å². The summed E-state index contributed by atoms with van der Waals surface area (Å²) in [5, 5.41) is 4.29. The van der Waals surface area contributed by atoms with E-state index < -0.39 is 17.4 Å². The summed E-state index contributed by atoms with van der Waals surface area (Å²) < 4.78 is 28.0. The van der Waals surface area contributed by atoms with Gasteiger partial charge in [-0.25, -0.2) is 8.78 Å². The standard InChI is InChI=1S/C15H16F2N2O/c1-4-12-9(2)18-19(10(12)3)8-15(20)13-6-5-11(16)7-14(13)17/h5-7H,4,8H2,1-3H3. The van der Waals surface area contributed by atoms with E-state index in [0.717, 1.165) is 29.4 Å². The number of nitrogens with zero attached hydrogens (tertiary/aromatic N) is 2. The second-order valence-corrected chi connectivity index (χ2v) is 4.71. The summed E-state index contributed by atoms with van der Waals surface area (Å²) in [4.78, 5) is 12.1. The number of carbonyl (C=O) groups is 1. The Morgan fingerprint density at radius 2 is 2.00 bits per heavy atom. The lowest BCUT2D eigenvalue weighted by molar-refractivity contribution is 0.0962. The van der Waals surface area contributed by atoms with Gasteiger partial charge in [-0.05, 0) is 38.0 Å². The van der Waals surface area contributed by atoms with Gasteiger partial charge >= 0.3 is 0 Å². The first-order valence-corrected chi connectivity index (χ1v) is 6.45. The van der Waals surface area contributed by atoms with Crippen LogP contribution >= 0.6 is 0 Å². The summed E-state index contributed by atoms with van der Waals surface area (Å²) in [6, 6.07) is 2.96. The number of aromatic nitrogens is 2. The maximum Gasteiger partial charge on any atom is 0.187 e. The Kier molecular flexibility index (Phi) is 3.97. The summed E-state index contributed by atoms with van der Waals surface area (Å²) in [6.07, 6.45) is 0.830. The van der Waals surface area contributed by atoms with Crippen molar-refractivity contribution in [1.82, 2.24) is 9.78 Å². The molecule has 0 amide bonds. The van der Waals surface area contributed by atoms with Crippen LogP contribution in [0.4, 0.5) is 8.78 Å². The minimum atomic E-state index is -0.841. The molecule has 0 saturated heterocycles. The second kappa shape index (κ2) is 5.53. The third-order valence-corrected chi connectivity index (χ3v) is 3.41. The number of aryl methyl sites for hydroxylation is 1. The average Bonchev–Trinajstić information content (AvgIpc) is 2.63. The first kappa shape index (κ1) is 14.4. The van der Waals surface area contributed by atoms with Crippen LogP contribution in [0, 0.1) is 25.5 Å². The molecular weight excluding hydrogens is 262 g/mol. The molecule has 2 rings (SSSR count). The van der Waals surface area contributed by atoms with Crippen molar-refractivity contribution in [3.05, 3.63) is 52.3 Å². The van der Waals surface area contributed by atoms with Gasteiger partial charge in [-0.1, -0.05) is 6.92 Å². The predicted octanol–water partition coefficient (Wildman–Crippen LogP) is 3.22. The van der Waals surface area contributed by atoms with Crippen molar-refractivity contribution in [2.75, 3.05) is 0 Å². The SMILES string of the molecule is CCc1c(C)nn(CC(=O)c2ccc(F)cc2F)c1C. The highest BCUT2D eigenvalue weighted by molar-refractivity contribution is 5.96. The molecule has 1 aromatic carbocycles. The molecule has 0 unspecified atom stereocenters. The van der Waals surface area contributed by atoms with Crippen molar-refractivity contribution in [1.29, 1.82) is 0 Å². The van der Waals surface area contributed by atoms with Gasteiger partial charge in [0.1, 0.15) is 18.2 Å². The smallest absolute Gasteiger partial charge is 0.187 e. The predicted molar refractivity (Wildman–Crippen MR) is 71.8 cm³/mol. The molecule has 0 aliphatic heterocycles. The van der Waals surface area contributed by atoms with E-state index >= 15 is 0 Å². The van der Waals surface area contributed by atoms with E-state index in [2.05, 4.69) is 5.10 Å². The summed E-state index contributed by atoms with van der Waals surface area (Å²) >= 11 is 0. The molecule has 106 valence electrons. The molecular formula is C15H16F2N2O. The molecule has 0 N–H and O–H groups in total. The molecule has 0 radical (unpaired) electrons. The highest BCUT2D eigenvalue weighted by atomic mass is 19.1. The number of ketones is 1. The minimum absolute atomic E-state index is 0.0464. The second-order valence-electron chi connectivity index (χ2n) is 4.71. The summed E-state index contributed by atoms with van der Waals surface area (Å²) in [5.74, 6) is -1.96. The molecule has 0 fully saturated rings. The van der Waals surface area contributed by atoms with Crippen molar-refractivity contribution in [2.45, 2.75) is 33.7 Å². The Bertz CT molecular complexity index is 662. The highest BCUT2D eigenvalue weighted by Gasteiger charge is 2.16. The van der Waals surface area contributed by atoms with Gasteiger partial charge in [0.2, 0.25) is 0 Å². The maximum absolute atomic E-state index is 13.6. The lowest BCUT2D eigenvalue weighted by Crippen LogP contribution is -2.14. The Labute approximate surface area is 116 Å². The van der Waals surface area contributed by atoms with E-state index in [0.29, 0.717) is 6.07 Å². The number of benzene rings is 1. The first-order chi connectivity index (χ1) is 9.43. The Morgan fingerprint density at radius 3 is 2.55 bits per heavy atom. The van der Waals surface area contributed by atoms with Gasteiger partial charge in [-0.15, -0.1) is 0 Å². The molecule has 0 saturated carbocycles. The fourth-order valence-electron chi connectivity index (χ4n) is 2.34. The Hall–Kier alpha value is -2.04. The zero-order valence-corrected chi connectivity index (χ0v) is 11.7. The van der Waals surface area contributed by atoms with Crippen molar-refractivity contribution >= 4 is 5.78 Å². The number of Topliss-reactive ketones (excluding diaryl/α,β-unsaturated/α-hetero) is 1. The van der Waals surface area contributed by atoms with Gasteiger partial charge in [-0.2, -0.15) is 5.10 Å². The van der Waals surface area contributed by atoms with Crippen LogP contribution in [0.15, 0.2) is 18.2 Å². The topological polar surface area (TPSA) is 34.9 Å². The zero-order valence-electron chi connectivity index (χ0n) is 11.7. The van der Waals surface area contributed by atoms with Crippen LogP contribution in [0.25, 0.3) is 0 Å². The van der Waals surface area contributed by atoms with E-state index in [-0.39, 0.29) is 12.1 Å². The lowest BCUT2D eigenvalue weighted by atomic mass is 10.1. The molecule has 3 nitrogen and oxygen atoms in total. The highest BCUT2D eigenvalue weighted by Crippen LogP contribution is 2.16. The first-order valence-electron chi connectivity index (χ1n) is 6.45. The molecule has 0 aliphatic carbocycles. The third kappa shape index (κ3) is 2.61. The van der Waals surface area contributed by atoms with Gasteiger partial charge < -0.3 is 0 Å². The average molecular weight is 278 g/mol. The molecule has 2 aromatic rings. The number of carbonyl (C=O) groups excluding carboxylic acids is 1. The van der Waals surface area contributed by atoms with Crippen molar-refractivity contribution in [3.8, 4) is 0 Å². The Balaban J connectivity index is 2.28. The van der Waals surface area contributed by atoms with Gasteiger partial charge in [0.05, 0.1) is 11.3 Å². The molecule has 1 heterocycles. The summed E-state index contributed by atoms with van der Waals surface area (Å²) in [7, 11) is 0. The van der Waals surface area contributed by atoms with Crippen LogP contribution in [-0.2, 0) is 13.0 Å². The van der Waals surface area contributed by atoms with Gasteiger partial charge in [-0.3, -0.25) is 9.48 Å². The Morgan fingerprint density at radius 1 is 1.30 bits per heavy atom. The third-order valence-electron chi connectivity index (χ3n) is 3.41. The van der Waals surface area contributed by atoms with Crippen molar-refractivity contribution in [2.24, 2.45) is 0 Å². The monoisotopic (exact) mass is 278 g/mol. The van der Waals surface area contributed by atoms with Crippen molar-refractivity contribution in [3.63, 3.8) is 0 Å². The molecule has 0 aliphatic rings. The van der Waals surface area contributed by atoms with Crippen LogP contribution in [0.2, 0.25) is 0 Å². The largest absolute Gasteiger partial charge is 0.292 e. The van der Waals surface area contributed by atoms with Crippen LogP contribution in [0.1, 0.15) is 34.2 Å². The molecule has 20 heavy (non-hydrogen) atoms. The summed E-state index contributed by atoms with van der Waals surface area (Å²) in [5.41, 5.74) is 2.76. The van der Waals surface area contributed by atoms with Crippen LogP contribution in [0.3, 0.4) is 0 Å². The number of hydrogen-bond donors (Lipinski definition) is 0. The van der Waals surface area contributed by atoms with Crippen molar-refractivity contribution < 1.29 is 13.6 Å². The molecule has 1 aromatic heterocycles. The molecule has 0 spiro atoms. The minimum Gasteiger partial charge on any atom is -0.292 e. The number of rotatable bonds is 4. The quantitative estimate of drug-likeness (QED) is 0.805. The molecule has 5 heteroatoms. The van der Waals surface area contributed by atoms with Gasteiger partial charge in [0, 0.05) is 11.8 Å². The number of halogens is 2. The molecule has 0 bridgehead atoms. The lowest BCUT2D eigenvalue weighted by Gasteiger charge is -2.05. The zero-order chi connectivity index (χ0) is 14.9. The normalized spacial score (nSPS) is 10.8. The van der Waals surface area contributed by atoms with E-state index in [1.807, 2.05) is 20.8 Å². The van der Waals surface area contributed by atoms with E-state index in [9.17, 15) is 13.6 Å². The van der Waals surface area contributed by atoms with Gasteiger partial charge in [0.15, 0.2) is 5.78 Å². The van der Waals surface area contributed by atoms with Crippen LogP contribution in [0.5, 0.6) is 0 Å². The fraction of sp³-hybridized carbons (Fsp3) is 0.333. The van der Waals surface area contributed by atoms with Gasteiger partial charge in [0.25, 0.3) is 0 Å². The van der Waals surface area contributed by atoms with E-state index in [1.165, 1.54) is 6.07 Å². The van der Waals surface area contributed by atoms with E-state index in [4.69, 9.17) is 0 Å². The van der Waals surface area contributed by atoms with E-state index in [1.54, 1.807) is 4.68 Å². The maximum atomic E-state index is 13.6. The van der Waals surface area contributed by atoms with Crippen LogP contribution < -0.4 is 0 Å². The molecule has 0 atom stereocenters. The fourth-order valence-corrected chi connectivity index (χ4v) is 2.34. The summed E-state index contributed by atoms with van der Waals surface area (Å²) in [6.45, 7) is 5.73.